The van der Waals surface area contributed by atoms with Crippen molar-refractivity contribution in [1.82, 2.24) is 9.91 Å². The lowest BCUT2D eigenvalue weighted by atomic mass is 9.73. The van der Waals surface area contributed by atoms with Crippen LogP contribution in [0.1, 0.15) is 99.8 Å². The van der Waals surface area contributed by atoms with Crippen molar-refractivity contribution in [2.75, 3.05) is 7.05 Å². The number of aryl methyl sites for hydroxylation is 4. The molecule has 0 aromatic heterocycles. The lowest BCUT2D eigenvalue weighted by Gasteiger charge is -2.33. The topological polar surface area (TPSA) is 87.1 Å². The van der Waals surface area contributed by atoms with E-state index in [9.17, 15) is 19.2 Å². The van der Waals surface area contributed by atoms with Gasteiger partial charge in [0, 0.05) is 23.5 Å². The molecule has 0 aliphatic carbocycles. The van der Waals surface area contributed by atoms with Crippen LogP contribution in [-0.2, 0) is 0 Å². The average molecular weight is 572 g/mol. The fourth-order valence-electron chi connectivity index (χ4n) is 7.84. The van der Waals surface area contributed by atoms with E-state index in [1.807, 2.05) is 55.4 Å². The molecule has 7 rings (SSSR count). The number of nitrogens with zero attached hydrogens (tertiary/aromatic N) is 3. The van der Waals surface area contributed by atoms with E-state index in [1.54, 1.807) is 20.9 Å². The molecule has 216 valence electrons. The van der Waals surface area contributed by atoms with Gasteiger partial charge in [-0.05, 0) is 146 Å². The summed E-state index contributed by atoms with van der Waals surface area (Å²) in [6, 6.07) is 0. The van der Waals surface area contributed by atoms with Crippen LogP contribution in [0.15, 0.2) is 5.10 Å². The highest BCUT2D eigenvalue weighted by Crippen LogP contribution is 2.53. The van der Waals surface area contributed by atoms with Crippen LogP contribution in [0.4, 0.5) is 0 Å². The standard InChI is InChI=1S/C36H33N3O4/c1-12(2)37-39-35(42)27-19(9)15(5)23-21-13(3)17(7)25-31-26(34(41)38(11)33(25)40)18(8)14(4)22(29(21)31)24-16(6)20(10)28(36(39)43)32(27)30(23)24/h1-11H3. The zero-order valence-corrected chi connectivity index (χ0v) is 26.5. The van der Waals surface area contributed by atoms with Gasteiger partial charge in [0.05, 0.1) is 22.3 Å². The second-order valence-electron chi connectivity index (χ2n) is 12.6. The molecule has 0 saturated heterocycles. The summed E-state index contributed by atoms with van der Waals surface area (Å²) in [7, 11) is 1.55. The summed E-state index contributed by atoms with van der Waals surface area (Å²) in [4.78, 5) is 56.8. The normalized spacial score (nSPS) is 15.0. The Labute approximate surface area is 249 Å². The van der Waals surface area contributed by atoms with Crippen molar-refractivity contribution in [3.05, 3.63) is 66.8 Å². The van der Waals surface area contributed by atoms with Crippen LogP contribution < -0.4 is 0 Å². The maximum absolute atomic E-state index is 14.1. The third kappa shape index (κ3) is 2.88. The van der Waals surface area contributed by atoms with Crippen LogP contribution in [0.3, 0.4) is 0 Å². The van der Waals surface area contributed by atoms with Gasteiger partial charge < -0.3 is 0 Å². The highest BCUT2D eigenvalue weighted by molar-refractivity contribution is 6.44. The quantitative estimate of drug-likeness (QED) is 0.0907. The molecule has 5 aromatic carbocycles. The van der Waals surface area contributed by atoms with Gasteiger partial charge in [0.2, 0.25) is 0 Å². The smallest absolute Gasteiger partial charge is 0.277 e. The number of imide groups is 2. The molecule has 43 heavy (non-hydrogen) atoms. The van der Waals surface area contributed by atoms with Gasteiger partial charge in [-0.2, -0.15) is 10.1 Å². The molecule has 2 aliphatic rings. The summed E-state index contributed by atoms with van der Waals surface area (Å²) in [6.45, 7) is 19.4. The maximum atomic E-state index is 14.1. The first kappa shape index (κ1) is 27.2. The second-order valence-corrected chi connectivity index (χ2v) is 12.6. The second kappa shape index (κ2) is 8.25. The largest absolute Gasteiger partial charge is 0.282 e. The number of carbonyl (C=O) groups excluding carboxylic acids is 4. The average Bonchev–Trinajstić information content (AvgIpc) is 2.95. The number of carbonyl (C=O) groups is 4. The summed E-state index contributed by atoms with van der Waals surface area (Å²) < 4.78 is 0. The molecule has 0 N–H and O–H groups in total. The van der Waals surface area contributed by atoms with Crippen molar-refractivity contribution in [2.45, 2.75) is 69.2 Å². The first-order valence-electron chi connectivity index (χ1n) is 14.6. The summed E-state index contributed by atoms with van der Waals surface area (Å²) in [5, 5.41) is 12.4. The minimum Gasteiger partial charge on any atom is -0.277 e. The van der Waals surface area contributed by atoms with Crippen molar-refractivity contribution >= 4 is 72.4 Å². The highest BCUT2D eigenvalue weighted by Gasteiger charge is 2.41. The lowest BCUT2D eigenvalue weighted by molar-refractivity contribution is 0.0608. The van der Waals surface area contributed by atoms with Gasteiger partial charge in [0.15, 0.2) is 0 Å². The van der Waals surface area contributed by atoms with E-state index < -0.39 is 11.8 Å². The van der Waals surface area contributed by atoms with E-state index >= 15 is 0 Å². The number of hydrazone groups is 1. The van der Waals surface area contributed by atoms with Crippen LogP contribution in [0, 0.1) is 55.4 Å². The van der Waals surface area contributed by atoms with Crippen LogP contribution >= 0.6 is 0 Å². The van der Waals surface area contributed by atoms with Crippen LogP contribution in [0.2, 0.25) is 0 Å². The highest BCUT2D eigenvalue weighted by atomic mass is 16.2. The van der Waals surface area contributed by atoms with E-state index in [0.717, 1.165) is 81.8 Å². The van der Waals surface area contributed by atoms with E-state index in [1.165, 1.54) is 4.90 Å². The van der Waals surface area contributed by atoms with Gasteiger partial charge in [0.1, 0.15) is 0 Å². The Hall–Kier alpha value is -4.65. The van der Waals surface area contributed by atoms with E-state index in [0.29, 0.717) is 38.7 Å². The molecule has 0 fully saturated rings. The van der Waals surface area contributed by atoms with Gasteiger partial charge in [-0.15, -0.1) is 0 Å². The van der Waals surface area contributed by atoms with E-state index in [4.69, 9.17) is 0 Å². The zero-order valence-electron chi connectivity index (χ0n) is 26.5. The fraction of sp³-hybridized carbons (Fsp3) is 0.306. The molecule has 0 atom stereocenters. The minimum atomic E-state index is -0.420. The third-order valence-electron chi connectivity index (χ3n) is 10.4. The van der Waals surface area contributed by atoms with Gasteiger partial charge in [-0.25, -0.2) is 0 Å². The first-order valence-corrected chi connectivity index (χ1v) is 14.6. The molecule has 7 heteroatoms. The van der Waals surface area contributed by atoms with Crippen LogP contribution in [0.25, 0.3) is 43.1 Å². The Morgan fingerprint density at radius 1 is 0.419 bits per heavy atom. The molecule has 5 aromatic rings. The predicted octanol–water partition coefficient (Wildman–Crippen LogP) is 7.42. The van der Waals surface area contributed by atoms with E-state index in [-0.39, 0.29) is 11.8 Å². The number of rotatable bonds is 1. The maximum Gasteiger partial charge on any atom is 0.282 e. The Balaban J connectivity index is 1.91. The predicted molar refractivity (Wildman–Crippen MR) is 171 cm³/mol. The molecular weight excluding hydrogens is 538 g/mol. The molecule has 4 amide bonds. The Morgan fingerprint density at radius 2 is 0.698 bits per heavy atom. The van der Waals surface area contributed by atoms with Crippen molar-refractivity contribution in [3.63, 3.8) is 0 Å². The SMILES string of the molecule is CC(C)=NN1C(=O)c2c(C)c(C)c3c4c(C)c(C)c5c6c(c(C)c(C)c(c7c(C)c(C)c(c2c37)C1=O)c64)C(=O)N(C)C5=O. The van der Waals surface area contributed by atoms with Gasteiger partial charge >= 0.3 is 0 Å². The lowest BCUT2D eigenvalue weighted by Crippen LogP contribution is -2.38. The Kier molecular flexibility index (Phi) is 5.22. The summed E-state index contributed by atoms with van der Waals surface area (Å²) >= 11 is 0. The summed E-state index contributed by atoms with van der Waals surface area (Å²) in [5.41, 5.74) is 9.82. The van der Waals surface area contributed by atoms with Gasteiger partial charge in [-0.1, -0.05) is 0 Å². The van der Waals surface area contributed by atoms with Gasteiger partial charge in [-0.3, -0.25) is 24.1 Å². The van der Waals surface area contributed by atoms with Crippen LogP contribution in [-0.4, -0.2) is 46.3 Å². The molecule has 0 radical (unpaired) electrons. The van der Waals surface area contributed by atoms with Crippen molar-refractivity contribution in [1.29, 1.82) is 0 Å². The number of hydrogen-bond donors (Lipinski definition) is 0. The van der Waals surface area contributed by atoms with Crippen molar-refractivity contribution in [2.24, 2.45) is 5.10 Å². The fourth-order valence-corrected chi connectivity index (χ4v) is 7.84. The van der Waals surface area contributed by atoms with Crippen LogP contribution in [0.5, 0.6) is 0 Å². The molecule has 2 heterocycles. The molecule has 0 unspecified atom stereocenters. The zero-order chi connectivity index (χ0) is 31.3. The molecule has 0 bridgehead atoms. The minimum absolute atomic E-state index is 0.293. The molecule has 0 saturated carbocycles. The molecular formula is C36H33N3O4. The third-order valence-corrected chi connectivity index (χ3v) is 10.4. The van der Waals surface area contributed by atoms with Crippen molar-refractivity contribution in [3.8, 4) is 0 Å². The number of benzene rings is 5. The number of hydrogen-bond acceptors (Lipinski definition) is 5. The van der Waals surface area contributed by atoms with E-state index in [2.05, 4.69) is 5.10 Å². The Morgan fingerprint density at radius 3 is 0.977 bits per heavy atom. The monoisotopic (exact) mass is 571 g/mol. The molecule has 2 aliphatic heterocycles. The number of fused-ring (bicyclic) bond motifs is 2. The molecule has 0 spiro atoms. The first-order chi connectivity index (χ1) is 20.1. The van der Waals surface area contributed by atoms with Gasteiger partial charge in [0.25, 0.3) is 23.6 Å². The summed E-state index contributed by atoms with van der Waals surface area (Å²) in [6.07, 6.45) is 0. The summed E-state index contributed by atoms with van der Waals surface area (Å²) in [5.74, 6) is -1.43. The number of amides is 4. The Bertz CT molecular complexity index is 2170. The molecule has 7 nitrogen and oxygen atoms in total. The van der Waals surface area contributed by atoms with Crippen molar-refractivity contribution < 1.29 is 19.2 Å².